The van der Waals surface area contributed by atoms with Crippen LogP contribution in [0.2, 0.25) is 0 Å². The average Bonchev–Trinajstić information content (AvgIpc) is 2.14. The standard InChI is InChI=1S/C5H6S3/c1-7-4-2-3-8-5(4)6/h2-3,6H,1H3. The normalized spacial score (nSPS) is 9.75. The van der Waals surface area contributed by atoms with Gasteiger partial charge in [0.05, 0.1) is 4.21 Å². The van der Waals surface area contributed by atoms with Gasteiger partial charge in [-0.05, 0) is 17.7 Å². The molecule has 0 aliphatic heterocycles. The Bertz CT molecular complexity index is 168. The maximum atomic E-state index is 4.23. The molecule has 0 fully saturated rings. The van der Waals surface area contributed by atoms with Crippen LogP contribution in [-0.2, 0) is 0 Å². The first kappa shape index (κ1) is 6.52. The summed E-state index contributed by atoms with van der Waals surface area (Å²) >= 11 is 7.64. The second kappa shape index (κ2) is 2.80. The topological polar surface area (TPSA) is 0 Å². The zero-order valence-corrected chi connectivity index (χ0v) is 6.95. The fourth-order valence-corrected chi connectivity index (χ4v) is 2.35. The van der Waals surface area contributed by atoms with Crippen LogP contribution in [0.5, 0.6) is 0 Å². The summed E-state index contributed by atoms with van der Waals surface area (Å²) in [6.45, 7) is 0. The predicted molar refractivity (Wildman–Crippen MR) is 43.4 cm³/mol. The average molecular weight is 162 g/mol. The highest BCUT2D eigenvalue weighted by atomic mass is 32.2. The molecule has 1 aromatic rings. The van der Waals surface area contributed by atoms with Gasteiger partial charge in [0.25, 0.3) is 0 Å². The lowest BCUT2D eigenvalue weighted by Crippen LogP contribution is -1.56. The molecule has 0 aliphatic carbocycles. The fraction of sp³-hybridized carbons (Fsp3) is 0.200. The van der Waals surface area contributed by atoms with Gasteiger partial charge in [0, 0.05) is 4.90 Å². The Balaban J connectivity index is 2.92. The molecule has 1 aromatic heterocycles. The van der Waals surface area contributed by atoms with Crippen LogP contribution in [0.3, 0.4) is 0 Å². The first-order valence-electron chi connectivity index (χ1n) is 2.15. The van der Waals surface area contributed by atoms with Gasteiger partial charge in [-0.2, -0.15) is 0 Å². The van der Waals surface area contributed by atoms with Crippen LogP contribution >= 0.6 is 35.7 Å². The molecule has 0 amide bonds. The number of thiol groups is 1. The molecule has 0 unspecified atom stereocenters. The molecule has 1 rings (SSSR count). The predicted octanol–water partition coefficient (Wildman–Crippen LogP) is 2.76. The van der Waals surface area contributed by atoms with Gasteiger partial charge in [0.1, 0.15) is 0 Å². The van der Waals surface area contributed by atoms with Gasteiger partial charge in [0.2, 0.25) is 0 Å². The number of thiophene rings is 1. The van der Waals surface area contributed by atoms with Gasteiger partial charge >= 0.3 is 0 Å². The van der Waals surface area contributed by atoms with Crippen molar-refractivity contribution in [2.24, 2.45) is 0 Å². The second-order valence-electron chi connectivity index (χ2n) is 1.29. The van der Waals surface area contributed by atoms with Crippen LogP contribution in [-0.4, -0.2) is 6.26 Å². The van der Waals surface area contributed by atoms with E-state index in [-0.39, 0.29) is 0 Å². The summed E-state index contributed by atoms with van der Waals surface area (Å²) in [5.74, 6) is 0. The van der Waals surface area contributed by atoms with E-state index in [2.05, 4.69) is 25.0 Å². The quantitative estimate of drug-likeness (QED) is 0.489. The van der Waals surface area contributed by atoms with E-state index >= 15 is 0 Å². The highest BCUT2D eigenvalue weighted by Gasteiger charge is 1.94. The van der Waals surface area contributed by atoms with Gasteiger partial charge in [-0.3, -0.25) is 0 Å². The summed E-state index contributed by atoms with van der Waals surface area (Å²) < 4.78 is 1.12. The summed E-state index contributed by atoms with van der Waals surface area (Å²) in [5, 5.41) is 2.05. The van der Waals surface area contributed by atoms with Crippen LogP contribution < -0.4 is 0 Å². The lowest BCUT2D eigenvalue weighted by atomic mass is 10.7. The van der Waals surface area contributed by atoms with Crippen molar-refractivity contribution in [3.8, 4) is 0 Å². The lowest BCUT2D eigenvalue weighted by molar-refractivity contribution is 1.42. The third-order valence-corrected chi connectivity index (χ3v) is 3.16. The molecule has 0 radical (unpaired) electrons. The van der Waals surface area contributed by atoms with Crippen LogP contribution in [0.25, 0.3) is 0 Å². The summed E-state index contributed by atoms with van der Waals surface area (Å²) in [7, 11) is 0. The van der Waals surface area contributed by atoms with E-state index < -0.39 is 0 Å². The summed E-state index contributed by atoms with van der Waals surface area (Å²) in [6.07, 6.45) is 2.06. The zero-order valence-electron chi connectivity index (χ0n) is 4.42. The van der Waals surface area contributed by atoms with E-state index in [0.717, 1.165) is 4.21 Å². The molecule has 0 atom stereocenters. The zero-order chi connectivity index (χ0) is 5.98. The Kier molecular flexibility index (Phi) is 2.28. The number of rotatable bonds is 1. The first-order valence-corrected chi connectivity index (χ1v) is 4.70. The Hall–Kier alpha value is 0.400. The molecule has 0 saturated heterocycles. The minimum Gasteiger partial charge on any atom is -0.136 e. The van der Waals surface area contributed by atoms with Crippen LogP contribution in [0.1, 0.15) is 0 Å². The van der Waals surface area contributed by atoms with E-state index in [1.165, 1.54) is 4.90 Å². The minimum absolute atomic E-state index is 1.12. The van der Waals surface area contributed by atoms with Crippen molar-refractivity contribution in [1.82, 2.24) is 0 Å². The van der Waals surface area contributed by atoms with E-state index in [1.54, 1.807) is 23.1 Å². The molecule has 0 aliphatic rings. The molecule has 0 saturated carbocycles. The van der Waals surface area contributed by atoms with Crippen molar-refractivity contribution in [2.75, 3.05) is 6.26 Å². The molecule has 1 heterocycles. The minimum atomic E-state index is 1.12. The van der Waals surface area contributed by atoms with Gasteiger partial charge in [0.15, 0.2) is 0 Å². The van der Waals surface area contributed by atoms with Crippen molar-refractivity contribution in [3.05, 3.63) is 11.4 Å². The molecular formula is C5H6S3. The molecule has 0 N–H and O–H groups in total. The largest absolute Gasteiger partial charge is 0.136 e. The molecule has 0 bridgehead atoms. The molecule has 0 nitrogen and oxygen atoms in total. The maximum Gasteiger partial charge on any atom is 0.0704 e. The van der Waals surface area contributed by atoms with Gasteiger partial charge in [-0.25, -0.2) is 0 Å². The van der Waals surface area contributed by atoms with E-state index in [9.17, 15) is 0 Å². The smallest absolute Gasteiger partial charge is 0.0704 e. The number of thioether (sulfide) groups is 1. The molecule has 0 spiro atoms. The lowest BCUT2D eigenvalue weighted by Gasteiger charge is -1.86. The number of hydrogen-bond acceptors (Lipinski definition) is 3. The highest BCUT2D eigenvalue weighted by molar-refractivity contribution is 7.99. The van der Waals surface area contributed by atoms with Crippen molar-refractivity contribution >= 4 is 35.7 Å². The van der Waals surface area contributed by atoms with Crippen molar-refractivity contribution < 1.29 is 0 Å². The van der Waals surface area contributed by atoms with Gasteiger partial charge < -0.3 is 0 Å². The van der Waals surface area contributed by atoms with Crippen molar-refractivity contribution in [3.63, 3.8) is 0 Å². The van der Waals surface area contributed by atoms with Gasteiger partial charge in [-0.1, -0.05) is 0 Å². The molecule has 3 heteroatoms. The SMILES string of the molecule is CSc1ccsc1S. The fourth-order valence-electron chi connectivity index (χ4n) is 0.445. The van der Waals surface area contributed by atoms with Crippen molar-refractivity contribution in [2.45, 2.75) is 9.10 Å². The Morgan fingerprint density at radius 3 is 2.75 bits per heavy atom. The maximum absolute atomic E-state index is 4.23. The van der Waals surface area contributed by atoms with E-state index in [0.29, 0.717) is 0 Å². The molecule has 44 valence electrons. The third-order valence-electron chi connectivity index (χ3n) is 0.830. The van der Waals surface area contributed by atoms with Crippen molar-refractivity contribution in [1.29, 1.82) is 0 Å². The number of hydrogen-bond donors (Lipinski definition) is 1. The van der Waals surface area contributed by atoms with E-state index in [1.807, 2.05) is 5.38 Å². The summed E-state index contributed by atoms with van der Waals surface area (Å²) in [5.41, 5.74) is 0. The molecule has 0 aromatic carbocycles. The first-order chi connectivity index (χ1) is 3.84. The molecular weight excluding hydrogens is 156 g/mol. The monoisotopic (exact) mass is 162 g/mol. The Labute approximate surface area is 62.7 Å². The van der Waals surface area contributed by atoms with E-state index in [4.69, 9.17) is 0 Å². The Morgan fingerprint density at radius 1 is 1.75 bits per heavy atom. The second-order valence-corrected chi connectivity index (χ2v) is 3.81. The van der Waals surface area contributed by atoms with Gasteiger partial charge in [-0.15, -0.1) is 35.7 Å². The highest BCUT2D eigenvalue weighted by Crippen LogP contribution is 2.28. The third kappa shape index (κ3) is 1.21. The Morgan fingerprint density at radius 2 is 2.50 bits per heavy atom. The summed E-state index contributed by atoms with van der Waals surface area (Å²) in [4.78, 5) is 1.28. The van der Waals surface area contributed by atoms with Crippen LogP contribution in [0.4, 0.5) is 0 Å². The molecule has 8 heavy (non-hydrogen) atoms. The van der Waals surface area contributed by atoms with Crippen LogP contribution in [0.15, 0.2) is 20.6 Å². The van der Waals surface area contributed by atoms with Crippen LogP contribution in [0, 0.1) is 0 Å². The summed E-state index contributed by atoms with van der Waals surface area (Å²) in [6, 6.07) is 2.08.